The number of thioether (sulfide) groups is 1. The largest absolute Gasteiger partial charge is 0.325 e. The summed E-state index contributed by atoms with van der Waals surface area (Å²) in [7, 11) is 0. The molecule has 0 saturated carbocycles. The van der Waals surface area contributed by atoms with E-state index in [1.165, 1.54) is 30.0 Å². The number of benzene rings is 2. The van der Waals surface area contributed by atoms with Gasteiger partial charge in [0.15, 0.2) is 0 Å². The number of halogens is 1. The van der Waals surface area contributed by atoms with Crippen molar-refractivity contribution < 1.29 is 9.72 Å². The van der Waals surface area contributed by atoms with Gasteiger partial charge in [0.05, 0.1) is 10.7 Å². The van der Waals surface area contributed by atoms with E-state index in [-0.39, 0.29) is 17.3 Å². The predicted molar refractivity (Wildman–Crippen MR) is 89.3 cm³/mol. The highest BCUT2D eigenvalue weighted by atomic mass is 35.5. The molecule has 0 saturated heterocycles. The van der Waals surface area contributed by atoms with Gasteiger partial charge in [-0.3, -0.25) is 14.9 Å². The Morgan fingerprint density at radius 3 is 2.73 bits per heavy atom. The second-order valence-corrected chi connectivity index (χ2v) is 5.83. The number of hydrogen-bond donors (Lipinski definition) is 1. The van der Waals surface area contributed by atoms with Gasteiger partial charge in [-0.15, -0.1) is 11.8 Å². The number of nitro benzene ring substituents is 1. The molecule has 0 fully saturated rings. The van der Waals surface area contributed by atoms with E-state index in [4.69, 9.17) is 11.6 Å². The van der Waals surface area contributed by atoms with E-state index in [9.17, 15) is 14.9 Å². The van der Waals surface area contributed by atoms with Crippen LogP contribution >= 0.6 is 23.4 Å². The van der Waals surface area contributed by atoms with Crippen molar-refractivity contribution in [3.05, 3.63) is 69.2 Å². The normalized spacial score (nSPS) is 10.2. The second kappa shape index (κ2) is 7.82. The molecule has 114 valence electrons. The SMILES string of the molecule is O=C(CSCc1ccccc1Cl)Nc1cccc([N+](=O)[O-])c1. The lowest BCUT2D eigenvalue weighted by molar-refractivity contribution is -0.384. The molecule has 22 heavy (non-hydrogen) atoms. The zero-order valence-electron chi connectivity index (χ0n) is 11.5. The number of nitrogens with one attached hydrogen (secondary N) is 1. The number of anilines is 1. The van der Waals surface area contributed by atoms with E-state index in [0.717, 1.165) is 5.56 Å². The lowest BCUT2D eigenvalue weighted by atomic mass is 10.2. The molecule has 2 aromatic rings. The lowest BCUT2D eigenvalue weighted by Crippen LogP contribution is -2.14. The highest BCUT2D eigenvalue weighted by Crippen LogP contribution is 2.21. The molecule has 1 N–H and O–H groups in total. The molecule has 0 aliphatic heterocycles. The predicted octanol–water partition coefficient (Wildman–Crippen LogP) is 4.12. The van der Waals surface area contributed by atoms with Crippen molar-refractivity contribution in [2.75, 3.05) is 11.1 Å². The van der Waals surface area contributed by atoms with E-state index >= 15 is 0 Å². The Balaban J connectivity index is 1.84. The van der Waals surface area contributed by atoms with Gasteiger partial charge >= 0.3 is 0 Å². The first-order chi connectivity index (χ1) is 10.6. The molecule has 2 rings (SSSR count). The molecule has 7 heteroatoms. The van der Waals surface area contributed by atoms with Crippen LogP contribution in [0.15, 0.2) is 48.5 Å². The van der Waals surface area contributed by atoms with Crippen LogP contribution in [0.1, 0.15) is 5.56 Å². The maximum absolute atomic E-state index is 11.8. The first kappa shape index (κ1) is 16.3. The van der Waals surface area contributed by atoms with Crippen molar-refractivity contribution in [3.63, 3.8) is 0 Å². The summed E-state index contributed by atoms with van der Waals surface area (Å²) in [6.07, 6.45) is 0. The number of nitro groups is 1. The molecular formula is C15H13ClN2O3S. The van der Waals surface area contributed by atoms with Crippen LogP contribution in [-0.2, 0) is 10.5 Å². The van der Waals surface area contributed by atoms with Gasteiger partial charge in [0.1, 0.15) is 0 Å². The van der Waals surface area contributed by atoms with Crippen LogP contribution in [0.3, 0.4) is 0 Å². The molecule has 0 radical (unpaired) electrons. The van der Waals surface area contributed by atoms with Gasteiger partial charge in [-0.05, 0) is 17.7 Å². The van der Waals surface area contributed by atoms with E-state index in [0.29, 0.717) is 16.5 Å². The third kappa shape index (κ3) is 4.75. The fraction of sp³-hybridized carbons (Fsp3) is 0.133. The minimum Gasteiger partial charge on any atom is -0.325 e. The molecule has 0 aromatic heterocycles. The minimum absolute atomic E-state index is 0.0541. The molecule has 1 amide bonds. The smallest absolute Gasteiger partial charge is 0.271 e. The zero-order chi connectivity index (χ0) is 15.9. The fourth-order valence-corrected chi connectivity index (χ4v) is 2.88. The van der Waals surface area contributed by atoms with Gasteiger partial charge < -0.3 is 5.32 Å². The van der Waals surface area contributed by atoms with Gasteiger partial charge in [0.25, 0.3) is 5.69 Å². The highest BCUT2D eigenvalue weighted by Gasteiger charge is 2.08. The first-order valence-corrected chi connectivity index (χ1v) is 7.95. The first-order valence-electron chi connectivity index (χ1n) is 6.42. The summed E-state index contributed by atoms with van der Waals surface area (Å²) in [5.41, 5.74) is 1.33. The molecule has 0 bridgehead atoms. The maximum atomic E-state index is 11.8. The fourth-order valence-electron chi connectivity index (χ4n) is 1.76. The third-order valence-electron chi connectivity index (χ3n) is 2.79. The van der Waals surface area contributed by atoms with Gasteiger partial charge in [-0.1, -0.05) is 35.9 Å². The van der Waals surface area contributed by atoms with Crippen LogP contribution in [0.4, 0.5) is 11.4 Å². The standard InChI is InChI=1S/C15H13ClN2O3S/c16-14-7-2-1-4-11(14)9-22-10-15(19)17-12-5-3-6-13(8-12)18(20)21/h1-8H,9-10H2,(H,17,19). The average molecular weight is 337 g/mol. The minimum atomic E-state index is -0.498. The number of rotatable bonds is 6. The number of nitrogens with zero attached hydrogens (tertiary/aromatic N) is 1. The lowest BCUT2D eigenvalue weighted by Gasteiger charge is -2.06. The van der Waals surface area contributed by atoms with Crippen LogP contribution in [0.5, 0.6) is 0 Å². The van der Waals surface area contributed by atoms with Crippen molar-refractivity contribution >= 4 is 40.6 Å². The van der Waals surface area contributed by atoms with E-state index < -0.39 is 4.92 Å². The topological polar surface area (TPSA) is 72.2 Å². The van der Waals surface area contributed by atoms with Crippen LogP contribution in [0.25, 0.3) is 0 Å². The summed E-state index contributed by atoms with van der Waals surface area (Å²) in [6, 6.07) is 13.3. The quantitative estimate of drug-likeness (QED) is 0.636. The summed E-state index contributed by atoms with van der Waals surface area (Å²) in [6.45, 7) is 0. The molecule has 5 nitrogen and oxygen atoms in total. The van der Waals surface area contributed by atoms with Gasteiger partial charge in [0, 0.05) is 28.6 Å². The van der Waals surface area contributed by atoms with Crippen molar-refractivity contribution in [3.8, 4) is 0 Å². The third-order valence-corrected chi connectivity index (χ3v) is 4.14. The van der Waals surface area contributed by atoms with Crippen LogP contribution in [0.2, 0.25) is 5.02 Å². The highest BCUT2D eigenvalue weighted by molar-refractivity contribution is 7.99. The van der Waals surface area contributed by atoms with Crippen LogP contribution < -0.4 is 5.32 Å². The van der Waals surface area contributed by atoms with E-state index in [1.807, 2.05) is 18.2 Å². The molecule has 0 atom stereocenters. The molecule has 2 aromatic carbocycles. The average Bonchev–Trinajstić information content (AvgIpc) is 2.49. The van der Waals surface area contributed by atoms with E-state index in [1.54, 1.807) is 12.1 Å². The summed E-state index contributed by atoms with van der Waals surface area (Å²) in [4.78, 5) is 22.0. The Morgan fingerprint density at radius 1 is 1.23 bits per heavy atom. The zero-order valence-corrected chi connectivity index (χ0v) is 13.1. The number of non-ortho nitro benzene ring substituents is 1. The van der Waals surface area contributed by atoms with E-state index in [2.05, 4.69) is 5.32 Å². The Kier molecular flexibility index (Phi) is 5.80. The van der Waals surface area contributed by atoms with Gasteiger partial charge in [-0.2, -0.15) is 0 Å². The maximum Gasteiger partial charge on any atom is 0.271 e. The molecule has 0 aliphatic rings. The summed E-state index contributed by atoms with van der Waals surface area (Å²) >= 11 is 7.47. The Hall–Kier alpha value is -2.05. The number of carbonyl (C=O) groups is 1. The van der Waals surface area contributed by atoms with Crippen molar-refractivity contribution in [1.29, 1.82) is 0 Å². The van der Waals surface area contributed by atoms with Crippen molar-refractivity contribution in [2.45, 2.75) is 5.75 Å². The summed E-state index contributed by atoms with van der Waals surface area (Å²) in [5.74, 6) is 0.660. The number of carbonyl (C=O) groups excluding carboxylic acids is 1. The van der Waals surface area contributed by atoms with Gasteiger partial charge in [0.2, 0.25) is 5.91 Å². The number of amides is 1. The molecule has 0 spiro atoms. The second-order valence-electron chi connectivity index (χ2n) is 4.44. The van der Waals surface area contributed by atoms with Crippen molar-refractivity contribution in [2.24, 2.45) is 0 Å². The Labute approximate surface area is 136 Å². The Morgan fingerprint density at radius 2 is 2.00 bits per heavy atom. The van der Waals surface area contributed by atoms with Crippen LogP contribution in [0, 0.1) is 10.1 Å². The number of hydrogen-bond acceptors (Lipinski definition) is 4. The summed E-state index contributed by atoms with van der Waals surface area (Å²) < 4.78 is 0. The molecule has 0 unspecified atom stereocenters. The summed E-state index contributed by atoms with van der Waals surface area (Å²) in [5, 5.41) is 14.0. The molecule has 0 aliphatic carbocycles. The van der Waals surface area contributed by atoms with Crippen molar-refractivity contribution in [1.82, 2.24) is 0 Å². The molecule has 0 heterocycles. The monoisotopic (exact) mass is 336 g/mol. The van der Waals surface area contributed by atoms with Crippen LogP contribution in [-0.4, -0.2) is 16.6 Å². The molecular weight excluding hydrogens is 324 g/mol. The van der Waals surface area contributed by atoms with Gasteiger partial charge in [-0.25, -0.2) is 0 Å². The Bertz CT molecular complexity index is 694.